The molecule has 0 amide bonds. The monoisotopic (exact) mass is 286 g/mol. The molecule has 0 atom stereocenters. The fourth-order valence-corrected chi connectivity index (χ4v) is 2.15. The van der Waals surface area contributed by atoms with E-state index in [-0.39, 0.29) is 12.2 Å². The van der Waals surface area contributed by atoms with Crippen LogP contribution >= 0.6 is 0 Å². The van der Waals surface area contributed by atoms with Gasteiger partial charge in [-0.15, -0.1) is 0 Å². The van der Waals surface area contributed by atoms with E-state index in [1.165, 1.54) is 0 Å². The van der Waals surface area contributed by atoms with Gasteiger partial charge >= 0.3 is 0 Å². The maximum Gasteiger partial charge on any atom is 0.171 e. The van der Waals surface area contributed by atoms with Gasteiger partial charge in [-0.25, -0.2) is 0 Å². The smallest absolute Gasteiger partial charge is 0.171 e. The number of Topliss-reactive ketones (excluding diaryl/α,β-unsaturated/α-hetero) is 1. The highest BCUT2D eigenvalue weighted by molar-refractivity contribution is 6.00. The van der Waals surface area contributed by atoms with E-state index in [0.717, 1.165) is 5.56 Å². The van der Waals surface area contributed by atoms with Crippen LogP contribution in [0.4, 0.5) is 0 Å². The van der Waals surface area contributed by atoms with Gasteiger partial charge < -0.3 is 14.2 Å². The quantitative estimate of drug-likeness (QED) is 0.765. The first-order valence-electron chi connectivity index (χ1n) is 6.56. The molecule has 0 saturated carbocycles. The Bertz CT molecular complexity index is 634. The first-order chi connectivity index (χ1) is 10.2. The summed E-state index contributed by atoms with van der Waals surface area (Å²) in [5, 5.41) is 0. The van der Waals surface area contributed by atoms with E-state index in [1.54, 1.807) is 39.5 Å². The summed E-state index contributed by atoms with van der Waals surface area (Å²) in [4.78, 5) is 12.5. The van der Waals surface area contributed by atoms with Crippen molar-refractivity contribution < 1.29 is 19.0 Å². The van der Waals surface area contributed by atoms with E-state index >= 15 is 0 Å². The van der Waals surface area contributed by atoms with E-state index < -0.39 is 0 Å². The number of rotatable bonds is 6. The van der Waals surface area contributed by atoms with Crippen molar-refractivity contribution in [3.63, 3.8) is 0 Å². The van der Waals surface area contributed by atoms with Crippen LogP contribution in [0.3, 0.4) is 0 Å². The van der Waals surface area contributed by atoms with Gasteiger partial charge in [0.25, 0.3) is 0 Å². The molecule has 0 aliphatic heterocycles. The molecular formula is C17H18O4. The molecule has 4 heteroatoms. The molecule has 0 spiro atoms. The molecule has 0 fully saturated rings. The van der Waals surface area contributed by atoms with Crippen molar-refractivity contribution in [1.29, 1.82) is 0 Å². The van der Waals surface area contributed by atoms with E-state index in [0.29, 0.717) is 22.8 Å². The molecular weight excluding hydrogens is 268 g/mol. The highest BCUT2D eigenvalue weighted by Gasteiger charge is 2.16. The lowest BCUT2D eigenvalue weighted by Crippen LogP contribution is -2.07. The predicted octanol–water partition coefficient (Wildman–Crippen LogP) is 3.14. The first kappa shape index (κ1) is 14.9. The molecule has 4 nitrogen and oxygen atoms in total. The number of ether oxygens (including phenoxy) is 3. The summed E-state index contributed by atoms with van der Waals surface area (Å²) < 4.78 is 15.7. The summed E-state index contributed by atoms with van der Waals surface area (Å²) in [5.74, 6) is 1.82. The van der Waals surface area contributed by atoms with Crippen LogP contribution in [-0.2, 0) is 6.42 Å². The molecule has 0 aromatic heterocycles. The Kier molecular flexibility index (Phi) is 4.82. The second-order valence-electron chi connectivity index (χ2n) is 4.48. The number of carbonyl (C=O) groups excluding carboxylic acids is 1. The third-order valence-electron chi connectivity index (χ3n) is 3.25. The zero-order chi connectivity index (χ0) is 15.2. The SMILES string of the molecule is COc1ccc(OC)c(C(=O)Cc2ccccc2OC)c1. The van der Waals surface area contributed by atoms with Gasteiger partial charge in [-0.05, 0) is 24.3 Å². The summed E-state index contributed by atoms with van der Waals surface area (Å²) in [5.41, 5.74) is 1.35. The van der Waals surface area contributed by atoms with Gasteiger partial charge in [-0.2, -0.15) is 0 Å². The van der Waals surface area contributed by atoms with Crippen LogP contribution in [0.25, 0.3) is 0 Å². The third kappa shape index (κ3) is 3.34. The van der Waals surface area contributed by atoms with Gasteiger partial charge in [0.2, 0.25) is 0 Å². The molecule has 0 N–H and O–H groups in total. The Morgan fingerprint density at radius 1 is 0.905 bits per heavy atom. The highest BCUT2D eigenvalue weighted by Crippen LogP contribution is 2.27. The van der Waals surface area contributed by atoms with Crippen LogP contribution < -0.4 is 14.2 Å². The molecule has 0 heterocycles. The minimum absolute atomic E-state index is 0.0461. The molecule has 0 saturated heterocycles. The number of benzene rings is 2. The normalized spacial score (nSPS) is 10.0. The lowest BCUT2D eigenvalue weighted by atomic mass is 10.0. The summed E-state index contributed by atoms with van der Waals surface area (Å²) in [6, 6.07) is 12.7. The number of hydrogen-bond acceptors (Lipinski definition) is 4. The summed E-state index contributed by atoms with van der Waals surface area (Å²) in [6.45, 7) is 0. The zero-order valence-electron chi connectivity index (χ0n) is 12.4. The zero-order valence-corrected chi connectivity index (χ0v) is 12.4. The predicted molar refractivity (Wildman–Crippen MR) is 80.6 cm³/mol. The van der Waals surface area contributed by atoms with Crippen molar-refractivity contribution in [3.8, 4) is 17.2 Å². The second-order valence-corrected chi connectivity index (χ2v) is 4.48. The molecule has 0 radical (unpaired) electrons. The average molecular weight is 286 g/mol. The fourth-order valence-electron chi connectivity index (χ4n) is 2.15. The van der Waals surface area contributed by atoms with Crippen LogP contribution in [0.1, 0.15) is 15.9 Å². The minimum Gasteiger partial charge on any atom is -0.497 e. The Morgan fingerprint density at radius 3 is 2.29 bits per heavy atom. The van der Waals surface area contributed by atoms with Crippen molar-refractivity contribution in [3.05, 3.63) is 53.6 Å². The maximum atomic E-state index is 12.5. The van der Waals surface area contributed by atoms with Crippen LogP contribution in [0.5, 0.6) is 17.2 Å². The van der Waals surface area contributed by atoms with Crippen LogP contribution in [-0.4, -0.2) is 27.1 Å². The second kappa shape index (κ2) is 6.79. The number of hydrogen-bond donors (Lipinski definition) is 0. The van der Waals surface area contributed by atoms with Crippen molar-refractivity contribution in [1.82, 2.24) is 0 Å². The van der Waals surface area contributed by atoms with Gasteiger partial charge in [0.1, 0.15) is 17.2 Å². The largest absolute Gasteiger partial charge is 0.497 e. The van der Waals surface area contributed by atoms with Crippen molar-refractivity contribution >= 4 is 5.78 Å². The van der Waals surface area contributed by atoms with Crippen molar-refractivity contribution in [2.24, 2.45) is 0 Å². The fraction of sp³-hybridized carbons (Fsp3) is 0.235. The Labute approximate surface area is 124 Å². The van der Waals surface area contributed by atoms with E-state index in [4.69, 9.17) is 14.2 Å². The molecule has 110 valence electrons. The Balaban J connectivity index is 2.31. The summed E-state index contributed by atoms with van der Waals surface area (Å²) >= 11 is 0. The molecule has 0 unspecified atom stereocenters. The summed E-state index contributed by atoms with van der Waals surface area (Å²) in [6.07, 6.45) is 0.244. The molecule has 2 aromatic carbocycles. The van der Waals surface area contributed by atoms with Gasteiger partial charge in [-0.3, -0.25) is 4.79 Å². The minimum atomic E-state index is -0.0461. The van der Waals surface area contributed by atoms with Crippen LogP contribution in [0.2, 0.25) is 0 Å². The topological polar surface area (TPSA) is 44.8 Å². The number of methoxy groups -OCH3 is 3. The van der Waals surface area contributed by atoms with Gasteiger partial charge in [0, 0.05) is 12.0 Å². The van der Waals surface area contributed by atoms with Crippen molar-refractivity contribution in [2.75, 3.05) is 21.3 Å². The molecule has 2 aromatic rings. The summed E-state index contributed by atoms with van der Waals surface area (Å²) in [7, 11) is 4.70. The van der Waals surface area contributed by atoms with Crippen LogP contribution in [0, 0.1) is 0 Å². The molecule has 0 aliphatic rings. The molecule has 0 bridgehead atoms. The number of carbonyl (C=O) groups is 1. The van der Waals surface area contributed by atoms with Gasteiger partial charge in [0.15, 0.2) is 5.78 Å². The standard InChI is InChI=1S/C17H18O4/c1-19-13-8-9-17(21-3)14(11-13)15(18)10-12-6-4-5-7-16(12)20-2/h4-9,11H,10H2,1-3H3. The van der Waals surface area contributed by atoms with Crippen LogP contribution in [0.15, 0.2) is 42.5 Å². The molecule has 21 heavy (non-hydrogen) atoms. The lowest BCUT2D eigenvalue weighted by molar-refractivity contribution is 0.0989. The third-order valence-corrected chi connectivity index (χ3v) is 3.25. The van der Waals surface area contributed by atoms with E-state index in [1.807, 2.05) is 24.3 Å². The van der Waals surface area contributed by atoms with E-state index in [9.17, 15) is 4.79 Å². The molecule has 0 aliphatic carbocycles. The Hall–Kier alpha value is -2.49. The van der Waals surface area contributed by atoms with E-state index in [2.05, 4.69) is 0 Å². The van der Waals surface area contributed by atoms with Crippen molar-refractivity contribution in [2.45, 2.75) is 6.42 Å². The van der Waals surface area contributed by atoms with Gasteiger partial charge in [0.05, 0.1) is 26.9 Å². The van der Waals surface area contributed by atoms with Gasteiger partial charge in [-0.1, -0.05) is 18.2 Å². The first-order valence-corrected chi connectivity index (χ1v) is 6.56. The average Bonchev–Trinajstić information content (AvgIpc) is 2.54. The lowest BCUT2D eigenvalue weighted by Gasteiger charge is -2.11. The highest BCUT2D eigenvalue weighted by atomic mass is 16.5. The Morgan fingerprint density at radius 2 is 1.62 bits per heavy atom. The number of para-hydroxylation sites is 1. The maximum absolute atomic E-state index is 12.5. The number of ketones is 1. The molecule has 2 rings (SSSR count).